The summed E-state index contributed by atoms with van der Waals surface area (Å²) in [5.41, 5.74) is 9.01. The molecule has 30 heavy (non-hydrogen) atoms. The van der Waals surface area contributed by atoms with Crippen molar-refractivity contribution in [2.45, 2.75) is 76.9 Å². The van der Waals surface area contributed by atoms with Crippen LogP contribution in [-0.4, -0.2) is 41.9 Å². The second kappa shape index (κ2) is 9.48. The highest BCUT2D eigenvalue weighted by Crippen LogP contribution is 2.29. The summed E-state index contributed by atoms with van der Waals surface area (Å²) in [6.45, 7) is 5.83. The van der Waals surface area contributed by atoms with Crippen molar-refractivity contribution in [3.8, 4) is 0 Å². The normalized spacial score (nSPS) is 30.3. The molecule has 1 aliphatic carbocycles. The number of carbonyl (C=O) groups excluding carboxylic acids is 2. The number of nitrogens with one attached hydrogen (secondary N) is 3. The molecule has 3 aliphatic rings. The summed E-state index contributed by atoms with van der Waals surface area (Å²) in [5, 5.41) is 3.26. The van der Waals surface area contributed by atoms with Gasteiger partial charge in [0.25, 0.3) is 0 Å². The lowest BCUT2D eigenvalue weighted by molar-refractivity contribution is -0.134. The number of benzene rings is 1. The van der Waals surface area contributed by atoms with Gasteiger partial charge in [0.1, 0.15) is 6.04 Å². The smallest absolute Gasteiger partial charge is 0.241 e. The number of amides is 2. The molecule has 6 nitrogen and oxygen atoms in total. The molecule has 1 saturated carbocycles. The van der Waals surface area contributed by atoms with Gasteiger partial charge < -0.3 is 10.2 Å². The Kier molecular flexibility index (Phi) is 6.74. The van der Waals surface area contributed by atoms with Crippen molar-refractivity contribution in [1.82, 2.24) is 21.1 Å². The van der Waals surface area contributed by atoms with Gasteiger partial charge in [0, 0.05) is 31.1 Å². The Morgan fingerprint density at radius 2 is 1.70 bits per heavy atom. The zero-order valence-electron chi connectivity index (χ0n) is 18.3. The Morgan fingerprint density at radius 1 is 1.00 bits per heavy atom. The first-order chi connectivity index (χ1) is 14.5. The predicted octanol–water partition coefficient (Wildman–Crippen LogP) is 2.84. The number of likely N-dealkylation sites (tertiary alicyclic amines) is 1. The highest BCUT2D eigenvalue weighted by molar-refractivity contribution is 5.82. The van der Waals surface area contributed by atoms with E-state index in [1.165, 1.54) is 11.1 Å². The van der Waals surface area contributed by atoms with Gasteiger partial charge in [-0.25, -0.2) is 10.9 Å². The molecule has 4 rings (SSSR count). The monoisotopic (exact) mass is 412 g/mol. The molecule has 6 heteroatoms. The standard InChI is InChI=1S/C24H36N4O2/c1-16-7-9-18(10-8-16)23(29)25-19-11-13-28(14-12-19)24(30)22-15-21(26-27-22)20-6-4-3-5-17(20)2/h3-6,16,18-19,21-22,26-27H,7-15H2,1-2H3,(H,25,29). The van der Waals surface area contributed by atoms with Crippen LogP contribution >= 0.6 is 0 Å². The van der Waals surface area contributed by atoms with E-state index < -0.39 is 0 Å². The third-order valence-electron chi connectivity index (χ3n) is 7.30. The van der Waals surface area contributed by atoms with Crippen molar-refractivity contribution in [3.63, 3.8) is 0 Å². The van der Waals surface area contributed by atoms with E-state index in [2.05, 4.69) is 42.1 Å². The number of aryl methyl sites for hydroxylation is 1. The molecule has 164 valence electrons. The van der Waals surface area contributed by atoms with E-state index in [-0.39, 0.29) is 35.9 Å². The molecule has 0 aromatic heterocycles. The van der Waals surface area contributed by atoms with Gasteiger partial charge in [-0.15, -0.1) is 0 Å². The van der Waals surface area contributed by atoms with Crippen molar-refractivity contribution < 1.29 is 9.59 Å². The Hall–Kier alpha value is -1.92. The van der Waals surface area contributed by atoms with E-state index >= 15 is 0 Å². The maximum atomic E-state index is 13.0. The van der Waals surface area contributed by atoms with Crippen molar-refractivity contribution in [1.29, 1.82) is 0 Å². The van der Waals surface area contributed by atoms with Crippen molar-refractivity contribution >= 4 is 11.8 Å². The van der Waals surface area contributed by atoms with Gasteiger partial charge in [-0.05, 0) is 68.9 Å². The molecule has 1 aromatic rings. The van der Waals surface area contributed by atoms with Gasteiger partial charge in [0.05, 0.1) is 0 Å². The van der Waals surface area contributed by atoms with E-state index in [1.807, 2.05) is 17.0 Å². The molecular weight excluding hydrogens is 376 g/mol. The lowest BCUT2D eigenvalue weighted by atomic mass is 9.82. The molecule has 2 unspecified atom stereocenters. The maximum Gasteiger partial charge on any atom is 0.241 e. The van der Waals surface area contributed by atoms with E-state index in [4.69, 9.17) is 0 Å². The van der Waals surface area contributed by atoms with Crippen LogP contribution in [0.5, 0.6) is 0 Å². The minimum Gasteiger partial charge on any atom is -0.353 e. The Bertz CT molecular complexity index is 751. The number of hydrogen-bond acceptors (Lipinski definition) is 4. The summed E-state index contributed by atoms with van der Waals surface area (Å²) in [6.07, 6.45) is 6.83. The fourth-order valence-corrected chi connectivity index (χ4v) is 5.21. The fraction of sp³-hybridized carbons (Fsp3) is 0.667. The van der Waals surface area contributed by atoms with Gasteiger partial charge in [-0.3, -0.25) is 9.59 Å². The van der Waals surface area contributed by atoms with Crippen LogP contribution < -0.4 is 16.2 Å². The average molecular weight is 413 g/mol. The van der Waals surface area contributed by atoms with Gasteiger partial charge >= 0.3 is 0 Å². The summed E-state index contributed by atoms with van der Waals surface area (Å²) >= 11 is 0. The minimum absolute atomic E-state index is 0.162. The van der Waals surface area contributed by atoms with Crippen LogP contribution in [0.3, 0.4) is 0 Å². The average Bonchev–Trinajstić information content (AvgIpc) is 3.24. The van der Waals surface area contributed by atoms with Crippen molar-refractivity contribution in [3.05, 3.63) is 35.4 Å². The number of nitrogens with zero attached hydrogens (tertiary/aromatic N) is 1. The SMILES string of the molecule is Cc1ccccc1C1CC(C(=O)N2CCC(NC(=O)C3CCC(C)CC3)CC2)NN1. The number of hydrogen-bond donors (Lipinski definition) is 3. The minimum atomic E-state index is -0.190. The lowest BCUT2D eigenvalue weighted by Gasteiger charge is -2.35. The quantitative estimate of drug-likeness (QED) is 0.711. The predicted molar refractivity (Wildman–Crippen MR) is 117 cm³/mol. The Labute approximate surface area is 180 Å². The number of hydrazine groups is 1. The molecule has 0 spiro atoms. The second-order valence-electron chi connectivity index (χ2n) is 9.55. The number of carbonyl (C=O) groups is 2. The highest BCUT2D eigenvalue weighted by atomic mass is 16.2. The van der Waals surface area contributed by atoms with Crippen molar-refractivity contribution in [2.24, 2.45) is 11.8 Å². The third kappa shape index (κ3) is 4.86. The summed E-state index contributed by atoms with van der Waals surface area (Å²) in [6, 6.07) is 8.51. The van der Waals surface area contributed by atoms with Gasteiger partial charge in [0.2, 0.25) is 11.8 Å². The summed E-state index contributed by atoms with van der Waals surface area (Å²) in [7, 11) is 0. The first kappa shape index (κ1) is 21.3. The molecule has 2 atom stereocenters. The van der Waals surface area contributed by atoms with E-state index in [0.29, 0.717) is 0 Å². The topological polar surface area (TPSA) is 73.5 Å². The first-order valence-electron chi connectivity index (χ1n) is 11.7. The van der Waals surface area contributed by atoms with Crippen LogP contribution in [0.4, 0.5) is 0 Å². The molecule has 2 amide bonds. The molecule has 0 bridgehead atoms. The molecule has 2 saturated heterocycles. The fourth-order valence-electron chi connectivity index (χ4n) is 5.21. The number of piperidine rings is 1. The zero-order valence-corrected chi connectivity index (χ0v) is 18.3. The Balaban J connectivity index is 1.23. The largest absolute Gasteiger partial charge is 0.353 e. The van der Waals surface area contributed by atoms with Crippen LogP contribution in [-0.2, 0) is 9.59 Å². The van der Waals surface area contributed by atoms with Crippen LogP contribution in [0.15, 0.2) is 24.3 Å². The molecule has 2 heterocycles. The van der Waals surface area contributed by atoms with E-state index in [0.717, 1.165) is 64.0 Å². The zero-order chi connectivity index (χ0) is 21.1. The first-order valence-corrected chi connectivity index (χ1v) is 11.7. The van der Waals surface area contributed by atoms with Gasteiger partial charge in [0.15, 0.2) is 0 Å². The van der Waals surface area contributed by atoms with E-state index in [9.17, 15) is 9.59 Å². The summed E-state index contributed by atoms with van der Waals surface area (Å²) in [5.74, 6) is 1.35. The molecule has 1 aromatic carbocycles. The van der Waals surface area contributed by atoms with Gasteiger partial charge in [-0.1, -0.05) is 31.2 Å². The second-order valence-corrected chi connectivity index (χ2v) is 9.55. The third-order valence-corrected chi connectivity index (χ3v) is 7.30. The highest BCUT2D eigenvalue weighted by Gasteiger charge is 2.35. The van der Waals surface area contributed by atoms with Crippen LogP contribution in [0.1, 0.15) is 69.0 Å². The van der Waals surface area contributed by atoms with Gasteiger partial charge in [-0.2, -0.15) is 0 Å². The van der Waals surface area contributed by atoms with Crippen molar-refractivity contribution in [2.75, 3.05) is 13.1 Å². The van der Waals surface area contributed by atoms with Crippen LogP contribution in [0.25, 0.3) is 0 Å². The lowest BCUT2D eigenvalue weighted by Crippen LogP contribution is -2.52. The number of rotatable bonds is 4. The Morgan fingerprint density at radius 3 is 2.40 bits per heavy atom. The molecule has 3 fully saturated rings. The van der Waals surface area contributed by atoms with E-state index in [1.54, 1.807) is 0 Å². The summed E-state index contributed by atoms with van der Waals surface area (Å²) < 4.78 is 0. The van der Waals surface area contributed by atoms with Crippen LogP contribution in [0.2, 0.25) is 0 Å². The summed E-state index contributed by atoms with van der Waals surface area (Å²) in [4.78, 5) is 27.6. The molecule has 0 radical (unpaired) electrons. The molecular formula is C24H36N4O2. The van der Waals surface area contributed by atoms with Crippen LogP contribution in [0, 0.1) is 18.8 Å². The molecule has 2 aliphatic heterocycles. The molecule has 3 N–H and O–H groups in total. The maximum absolute atomic E-state index is 13.0.